The van der Waals surface area contributed by atoms with E-state index < -0.39 is 17.7 Å². The average Bonchev–Trinajstić information content (AvgIpc) is 3.50. The first-order valence-corrected chi connectivity index (χ1v) is 14.2. The molecule has 0 bridgehead atoms. The molecule has 4 rings (SSSR count). The number of aromatic nitrogens is 2. The third kappa shape index (κ3) is 6.96. The second kappa shape index (κ2) is 12.6. The van der Waals surface area contributed by atoms with Gasteiger partial charge in [0.15, 0.2) is 11.5 Å². The van der Waals surface area contributed by atoms with E-state index in [0.717, 1.165) is 36.2 Å². The molecule has 2 fully saturated rings. The number of ether oxygens (including phenoxy) is 2. The van der Waals surface area contributed by atoms with Gasteiger partial charge in [0.05, 0.1) is 6.04 Å². The van der Waals surface area contributed by atoms with E-state index in [1.54, 1.807) is 16.7 Å². The van der Waals surface area contributed by atoms with E-state index in [4.69, 9.17) is 26.2 Å². The van der Waals surface area contributed by atoms with Gasteiger partial charge in [-0.15, -0.1) is 0 Å². The highest BCUT2D eigenvalue weighted by Crippen LogP contribution is 2.33. The summed E-state index contributed by atoms with van der Waals surface area (Å²) >= 11 is 6.57. The topological polar surface area (TPSA) is 106 Å². The Hall–Kier alpha value is -3.11. The number of ketones is 1. The minimum Gasteiger partial charge on any atom is -0.444 e. The SMILES string of the molecule is COCn1nc(C(=O)N2CCCC2C(C)=O)c(Cc2ccccc2Cl)c1N1CCC[C@@H](NC(=O)OC(C)(C)C)C1. The zero-order valence-corrected chi connectivity index (χ0v) is 24.8. The largest absolute Gasteiger partial charge is 0.444 e. The number of nitrogens with one attached hydrogen (secondary N) is 1. The fraction of sp³-hybridized carbons (Fsp3) is 0.586. The number of benzene rings is 1. The highest BCUT2D eigenvalue weighted by molar-refractivity contribution is 6.31. The minimum absolute atomic E-state index is 0.0258. The molecule has 0 saturated carbocycles. The maximum atomic E-state index is 14.0. The van der Waals surface area contributed by atoms with Crippen molar-refractivity contribution in [3.63, 3.8) is 0 Å². The zero-order chi connectivity index (χ0) is 29.0. The lowest BCUT2D eigenvalue weighted by molar-refractivity contribution is -0.120. The highest BCUT2D eigenvalue weighted by Gasteiger charge is 2.37. The van der Waals surface area contributed by atoms with Crippen molar-refractivity contribution in [3.05, 3.63) is 46.1 Å². The molecule has 2 aliphatic rings. The van der Waals surface area contributed by atoms with E-state index in [-0.39, 0.29) is 24.5 Å². The Morgan fingerprint density at radius 1 is 1.12 bits per heavy atom. The van der Waals surface area contributed by atoms with E-state index in [1.165, 1.54) is 6.92 Å². The van der Waals surface area contributed by atoms with Crippen LogP contribution in [-0.4, -0.2) is 76.9 Å². The van der Waals surface area contributed by atoms with Crippen molar-refractivity contribution in [2.45, 2.75) is 84.2 Å². The lowest BCUT2D eigenvalue weighted by atomic mass is 10.0. The number of amides is 2. The van der Waals surface area contributed by atoms with E-state index in [0.29, 0.717) is 43.2 Å². The molecule has 2 aliphatic heterocycles. The second-order valence-electron chi connectivity index (χ2n) is 11.5. The summed E-state index contributed by atoms with van der Waals surface area (Å²) in [4.78, 5) is 42.6. The fourth-order valence-electron chi connectivity index (χ4n) is 5.55. The second-order valence-corrected chi connectivity index (χ2v) is 11.9. The predicted octanol–water partition coefficient (Wildman–Crippen LogP) is 4.42. The molecule has 3 heterocycles. The van der Waals surface area contributed by atoms with Crippen LogP contribution in [0, 0.1) is 0 Å². The van der Waals surface area contributed by atoms with Gasteiger partial charge in [-0.05, 0) is 65.0 Å². The van der Waals surface area contributed by atoms with Crippen molar-refractivity contribution in [2.24, 2.45) is 0 Å². The van der Waals surface area contributed by atoms with Gasteiger partial charge in [0.2, 0.25) is 0 Å². The van der Waals surface area contributed by atoms with Gasteiger partial charge in [0, 0.05) is 49.8 Å². The molecule has 10 nitrogen and oxygen atoms in total. The van der Waals surface area contributed by atoms with Crippen LogP contribution >= 0.6 is 11.6 Å². The maximum absolute atomic E-state index is 14.0. The van der Waals surface area contributed by atoms with Gasteiger partial charge in [0.25, 0.3) is 5.91 Å². The molecule has 2 saturated heterocycles. The monoisotopic (exact) mass is 573 g/mol. The van der Waals surface area contributed by atoms with Gasteiger partial charge in [-0.3, -0.25) is 9.59 Å². The minimum atomic E-state index is -0.597. The first-order chi connectivity index (χ1) is 19.0. The first kappa shape index (κ1) is 29.9. The molecule has 1 aromatic carbocycles. The lowest BCUT2D eigenvalue weighted by Gasteiger charge is -2.35. The molecule has 1 N–H and O–H groups in total. The van der Waals surface area contributed by atoms with Crippen LogP contribution in [0.4, 0.5) is 10.6 Å². The van der Waals surface area contributed by atoms with E-state index >= 15 is 0 Å². The van der Waals surface area contributed by atoms with E-state index in [2.05, 4.69) is 10.2 Å². The smallest absolute Gasteiger partial charge is 0.407 e. The molecule has 2 aromatic rings. The number of hydrogen-bond donors (Lipinski definition) is 1. The number of Topliss-reactive ketones (excluding diaryl/α,β-unsaturated/α-hetero) is 1. The summed E-state index contributed by atoms with van der Waals surface area (Å²) in [5, 5.41) is 8.36. The Kier molecular flexibility index (Phi) is 9.41. The third-order valence-electron chi connectivity index (χ3n) is 7.22. The molecule has 11 heteroatoms. The number of rotatable bonds is 8. The molecular formula is C29H40ClN5O5. The number of methoxy groups -OCH3 is 1. The van der Waals surface area contributed by atoms with Gasteiger partial charge in [-0.2, -0.15) is 5.10 Å². The summed E-state index contributed by atoms with van der Waals surface area (Å²) in [5.41, 5.74) is 1.28. The van der Waals surface area contributed by atoms with Gasteiger partial charge in [0.1, 0.15) is 18.1 Å². The number of nitrogens with zero attached hydrogens (tertiary/aromatic N) is 4. The number of hydrogen-bond acceptors (Lipinski definition) is 7. The Balaban J connectivity index is 1.73. The molecule has 0 aliphatic carbocycles. The van der Waals surface area contributed by atoms with Crippen LogP contribution in [-0.2, 0) is 27.4 Å². The Bertz CT molecular complexity index is 1240. The molecule has 2 amide bonds. The van der Waals surface area contributed by atoms with Gasteiger partial charge >= 0.3 is 6.09 Å². The summed E-state index contributed by atoms with van der Waals surface area (Å²) in [5.74, 6) is 0.456. The maximum Gasteiger partial charge on any atom is 0.407 e. The summed E-state index contributed by atoms with van der Waals surface area (Å²) in [6, 6.07) is 6.94. The van der Waals surface area contributed by atoms with Crippen LogP contribution in [0.2, 0.25) is 5.02 Å². The number of carbonyl (C=O) groups is 3. The normalized spacial score (nSPS) is 19.6. The summed E-state index contributed by atoms with van der Waals surface area (Å²) in [6.07, 6.45) is 2.96. The summed E-state index contributed by atoms with van der Waals surface area (Å²) < 4.78 is 12.7. The van der Waals surface area contributed by atoms with Crippen molar-refractivity contribution >= 4 is 35.2 Å². The van der Waals surface area contributed by atoms with Crippen LogP contribution in [0.25, 0.3) is 0 Å². The lowest BCUT2D eigenvalue weighted by Crippen LogP contribution is -2.49. The molecule has 218 valence electrons. The molecule has 0 spiro atoms. The van der Waals surface area contributed by atoms with Crippen molar-refractivity contribution in [3.8, 4) is 0 Å². The third-order valence-corrected chi connectivity index (χ3v) is 7.59. The Morgan fingerprint density at radius 3 is 2.52 bits per heavy atom. The molecular weight excluding hydrogens is 534 g/mol. The van der Waals surface area contributed by atoms with Crippen molar-refractivity contribution in [1.29, 1.82) is 0 Å². The van der Waals surface area contributed by atoms with Crippen LogP contribution < -0.4 is 10.2 Å². The fourth-order valence-corrected chi connectivity index (χ4v) is 5.76. The van der Waals surface area contributed by atoms with Crippen LogP contribution in [0.1, 0.15) is 75.0 Å². The van der Waals surface area contributed by atoms with E-state index in [1.807, 2.05) is 45.0 Å². The van der Waals surface area contributed by atoms with Crippen molar-refractivity contribution in [1.82, 2.24) is 20.0 Å². The van der Waals surface area contributed by atoms with E-state index in [9.17, 15) is 14.4 Å². The van der Waals surface area contributed by atoms with Crippen LogP contribution in [0.15, 0.2) is 24.3 Å². The first-order valence-electron chi connectivity index (χ1n) is 13.9. The average molecular weight is 574 g/mol. The number of halogens is 1. The predicted molar refractivity (Wildman–Crippen MR) is 153 cm³/mol. The molecule has 2 atom stereocenters. The number of likely N-dealkylation sites (tertiary alicyclic amines) is 1. The van der Waals surface area contributed by atoms with Crippen LogP contribution in [0.3, 0.4) is 0 Å². The quantitative estimate of drug-likeness (QED) is 0.498. The zero-order valence-electron chi connectivity index (χ0n) is 24.0. The number of carbonyl (C=O) groups excluding carboxylic acids is 3. The molecule has 40 heavy (non-hydrogen) atoms. The Labute approximate surface area is 240 Å². The number of alkyl carbamates (subject to hydrolysis) is 1. The number of piperidine rings is 1. The van der Waals surface area contributed by atoms with Crippen molar-refractivity contribution in [2.75, 3.05) is 31.6 Å². The highest BCUT2D eigenvalue weighted by atomic mass is 35.5. The van der Waals surface area contributed by atoms with Gasteiger partial charge in [-0.1, -0.05) is 29.8 Å². The van der Waals surface area contributed by atoms with Gasteiger partial charge < -0.3 is 24.6 Å². The van der Waals surface area contributed by atoms with Crippen LogP contribution in [0.5, 0.6) is 0 Å². The summed E-state index contributed by atoms with van der Waals surface area (Å²) in [7, 11) is 1.58. The molecule has 1 unspecified atom stereocenters. The van der Waals surface area contributed by atoms with Gasteiger partial charge in [-0.25, -0.2) is 9.48 Å². The standard InChI is InChI=1S/C29H40ClN5O5/c1-19(36)24-13-9-15-34(24)27(37)25-22(16-20-10-6-7-12-23(20)30)26(35(32-25)18-39-5)33-14-8-11-21(17-33)31-28(38)40-29(2,3)4/h6-7,10,12,21,24H,8-9,11,13-18H2,1-5H3,(H,31,38)/t21-,24?/m1/s1. The summed E-state index contributed by atoms with van der Waals surface area (Å²) in [6.45, 7) is 8.89. The Morgan fingerprint density at radius 2 is 1.85 bits per heavy atom. The molecule has 1 aromatic heterocycles. The van der Waals surface area contributed by atoms with Crippen molar-refractivity contribution < 1.29 is 23.9 Å². The molecule has 0 radical (unpaired) electrons. The number of anilines is 1.